The SMILES string of the molecule is CCCCCc1ccc(C(=O)N(CCN(CCCC)CCCC)Cc2ccc(-c3ccccc3)c(F)c2)cc1. The molecule has 39 heavy (non-hydrogen) atoms. The van der Waals surface area contributed by atoms with Crippen LogP contribution >= 0.6 is 0 Å². The highest BCUT2D eigenvalue weighted by Gasteiger charge is 2.19. The molecule has 0 bridgehead atoms. The second-order valence-electron chi connectivity index (χ2n) is 10.6. The van der Waals surface area contributed by atoms with Crippen molar-refractivity contribution in [1.82, 2.24) is 9.80 Å². The van der Waals surface area contributed by atoms with Crippen LogP contribution in [0.2, 0.25) is 0 Å². The molecule has 4 heteroatoms. The van der Waals surface area contributed by atoms with E-state index in [2.05, 4.69) is 37.8 Å². The van der Waals surface area contributed by atoms with E-state index in [9.17, 15) is 4.79 Å². The Labute approximate surface area is 236 Å². The summed E-state index contributed by atoms with van der Waals surface area (Å²) in [6.07, 6.45) is 9.26. The Morgan fingerprint density at radius 3 is 1.95 bits per heavy atom. The first-order valence-electron chi connectivity index (χ1n) is 15.0. The third-order valence-corrected chi connectivity index (χ3v) is 7.39. The third-order valence-electron chi connectivity index (χ3n) is 7.39. The Hall–Kier alpha value is -2.98. The van der Waals surface area contributed by atoms with Gasteiger partial charge in [-0.15, -0.1) is 0 Å². The Bertz CT molecular complexity index is 1110. The number of rotatable bonds is 17. The molecular weight excluding hydrogens is 483 g/mol. The number of carbonyl (C=O) groups is 1. The van der Waals surface area contributed by atoms with Crippen molar-refractivity contribution in [1.29, 1.82) is 0 Å². The number of halogens is 1. The summed E-state index contributed by atoms with van der Waals surface area (Å²) in [4.78, 5) is 18.1. The van der Waals surface area contributed by atoms with Gasteiger partial charge in [0.1, 0.15) is 5.82 Å². The molecule has 0 aliphatic rings. The molecule has 1 amide bonds. The van der Waals surface area contributed by atoms with Crippen molar-refractivity contribution in [3.8, 4) is 11.1 Å². The van der Waals surface area contributed by atoms with Crippen molar-refractivity contribution in [2.45, 2.75) is 78.7 Å². The van der Waals surface area contributed by atoms with Crippen LogP contribution in [0, 0.1) is 5.82 Å². The average Bonchev–Trinajstić information content (AvgIpc) is 2.96. The van der Waals surface area contributed by atoms with Crippen molar-refractivity contribution in [3.05, 3.63) is 95.3 Å². The van der Waals surface area contributed by atoms with Crippen molar-refractivity contribution in [3.63, 3.8) is 0 Å². The van der Waals surface area contributed by atoms with E-state index in [0.717, 1.165) is 62.9 Å². The lowest BCUT2D eigenvalue weighted by Crippen LogP contribution is -2.39. The van der Waals surface area contributed by atoms with Crippen molar-refractivity contribution in [2.24, 2.45) is 0 Å². The summed E-state index contributed by atoms with van der Waals surface area (Å²) in [6.45, 7) is 10.6. The van der Waals surface area contributed by atoms with Crippen LogP contribution in [0.3, 0.4) is 0 Å². The fraction of sp³-hybridized carbons (Fsp3) is 0.457. The van der Waals surface area contributed by atoms with E-state index in [0.29, 0.717) is 24.2 Å². The molecular formula is C35H47FN2O. The van der Waals surface area contributed by atoms with E-state index in [4.69, 9.17) is 0 Å². The first-order valence-corrected chi connectivity index (χ1v) is 15.0. The normalized spacial score (nSPS) is 11.2. The number of nitrogens with zero attached hydrogens (tertiary/aromatic N) is 2. The fourth-order valence-electron chi connectivity index (χ4n) is 4.92. The van der Waals surface area contributed by atoms with E-state index in [1.165, 1.54) is 24.8 Å². The second kappa shape index (κ2) is 16.9. The maximum atomic E-state index is 15.2. The molecule has 3 rings (SSSR count). The minimum Gasteiger partial charge on any atom is -0.333 e. The molecule has 0 radical (unpaired) electrons. The molecule has 3 nitrogen and oxygen atoms in total. The number of aryl methyl sites for hydroxylation is 1. The van der Waals surface area contributed by atoms with Crippen LogP contribution in [0.5, 0.6) is 0 Å². The highest BCUT2D eigenvalue weighted by molar-refractivity contribution is 5.94. The molecule has 0 aliphatic carbocycles. The fourth-order valence-corrected chi connectivity index (χ4v) is 4.92. The van der Waals surface area contributed by atoms with E-state index < -0.39 is 0 Å². The molecule has 0 fully saturated rings. The Kier molecular flexibility index (Phi) is 13.2. The Morgan fingerprint density at radius 1 is 0.692 bits per heavy atom. The summed E-state index contributed by atoms with van der Waals surface area (Å²) in [7, 11) is 0. The molecule has 0 saturated carbocycles. The Morgan fingerprint density at radius 2 is 1.33 bits per heavy atom. The summed E-state index contributed by atoms with van der Waals surface area (Å²) in [5.74, 6) is -0.247. The number of carbonyl (C=O) groups excluding carboxylic acids is 1. The van der Waals surface area contributed by atoms with Gasteiger partial charge >= 0.3 is 0 Å². The van der Waals surface area contributed by atoms with Gasteiger partial charge in [0.15, 0.2) is 0 Å². The molecule has 0 aromatic heterocycles. The molecule has 0 heterocycles. The van der Waals surface area contributed by atoms with Crippen LogP contribution < -0.4 is 0 Å². The predicted octanol–water partition coefficient (Wildman–Crippen LogP) is 8.77. The van der Waals surface area contributed by atoms with Crippen molar-refractivity contribution >= 4 is 5.91 Å². The van der Waals surface area contributed by atoms with Crippen LogP contribution in [-0.2, 0) is 13.0 Å². The number of hydrogen-bond acceptors (Lipinski definition) is 2. The summed E-state index contributed by atoms with van der Waals surface area (Å²) in [6, 6.07) is 23.1. The number of benzene rings is 3. The van der Waals surface area contributed by atoms with Gasteiger partial charge in [0.05, 0.1) is 0 Å². The Balaban J connectivity index is 1.78. The number of hydrogen-bond donors (Lipinski definition) is 0. The highest BCUT2D eigenvalue weighted by atomic mass is 19.1. The monoisotopic (exact) mass is 530 g/mol. The zero-order valence-electron chi connectivity index (χ0n) is 24.3. The molecule has 0 spiro atoms. The minimum absolute atomic E-state index is 0.00795. The molecule has 0 aliphatic heterocycles. The molecule has 210 valence electrons. The van der Waals surface area contributed by atoms with Crippen LogP contribution in [0.15, 0.2) is 72.8 Å². The molecule has 0 atom stereocenters. The quantitative estimate of drug-likeness (QED) is 0.163. The van der Waals surface area contributed by atoms with Crippen LogP contribution in [0.25, 0.3) is 11.1 Å². The standard InChI is InChI=1S/C35H47FN2O/c1-4-7-11-14-29-17-20-32(21-18-29)35(39)38(26-25-37(23-8-5-2)24-9-6-3)28-30-19-22-33(34(36)27-30)31-15-12-10-13-16-31/h10,12-13,15-22,27H,4-9,11,14,23-26,28H2,1-3H3. The molecule has 0 saturated heterocycles. The van der Waals surface area contributed by atoms with E-state index >= 15 is 4.39 Å². The van der Waals surface area contributed by atoms with Crippen molar-refractivity contribution in [2.75, 3.05) is 26.2 Å². The van der Waals surface area contributed by atoms with Gasteiger partial charge in [-0.25, -0.2) is 4.39 Å². The lowest BCUT2D eigenvalue weighted by atomic mass is 10.0. The average molecular weight is 531 g/mol. The molecule has 0 unspecified atom stereocenters. The minimum atomic E-state index is -0.255. The molecule has 0 N–H and O–H groups in total. The van der Waals surface area contributed by atoms with Crippen LogP contribution in [-0.4, -0.2) is 41.9 Å². The van der Waals surface area contributed by atoms with Crippen LogP contribution in [0.1, 0.15) is 87.2 Å². The second-order valence-corrected chi connectivity index (χ2v) is 10.6. The maximum absolute atomic E-state index is 15.2. The number of amides is 1. The number of unbranched alkanes of at least 4 members (excludes halogenated alkanes) is 4. The summed E-state index contributed by atoms with van der Waals surface area (Å²) >= 11 is 0. The first kappa shape index (κ1) is 30.6. The topological polar surface area (TPSA) is 23.6 Å². The van der Waals surface area contributed by atoms with Crippen molar-refractivity contribution < 1.29 is 9.18 Å². The van der Waals surface area contributed by atoms with Gasteiger partial charge in [0, 0.05) is 30.8 Å². The van der Waals surface area contributed by atoms with E-state index in [-0.39, 0.29) is 11.7 Å². The van der Waals surface area contributed by atoms with Gasteiger partial charge in [-0.1, -0.05) is 101 Å². The summed E-state index contributed by atoms with van der Waals surface area (Å²) in [5.41, 5.74) is 4.22. The van der Waals surface area contributed by atoms with Gasteiger partial charge in [-0.05, 0) is 73.7 Å². The van der Waals surface area contributed by atoms with Gasteiger partial charge in [0.2, 0.25) is 0 Å². The lowest BCUT2D eigenvalue weighted by molar-refractivity contribution is 0.0720. The third kappa shape index (κ3) is 9.93. The van der Waals surface area contributed by atoms with Gasteiger partial charge < -0.3 is 9.80 Å². The smallest absolute Gasteiger partial charge is 0.254 e. The summed E-state index contributed by atoms with van der Waals surface area (Å²) < 4.78 is 15.2. The molecule has 3 aromatic carbocycles. The van der Waals surface area contributed by atoms with Gasteiger partial charge in [-0.3, -0.25) is 4.79 Å². The van der Waals surface area contributed by atoms with Gasteiger partial charge in [0.25, 0.3) is 5.91 Å². The zero-order valence-corrected chi connectivity index (χ0v) is 24.3. The largest absolute Gasteiger partial charge is 0.333 e. The predicted molar refractivity (Wildman–Crippen MR) is 163 cm³/mol. The van der Waals surface area contributed by atoms with E-state index in [1.54, 1.807) is 6.07 Å². The van der Waals surface area contributed by atoms with Crippen LogP contribution in [0.4, 0.5) is 4.39 Å². The summed E-state index contributed by atoms with van der Waals surface area (Å²) in [5, 5.41) is 0. The highest BCUT2D eigenvalue weighted by Crippen LogP contribution is 2.24. The molecule has 3 aromatic rings. The zero-order chi connectivity index (χ0) is 27.9. The van der Waals surface area contributed by atoms with E-state index in [1.807, 2.05) is 59.5 Å². The first-order chi connectivity index (χ1) is 19.0. The lowest BCUT2D eigenvalue weighted by Gasteiger charge is -2.28. The maximum Gasteiger partial charge on any atom is 0.254 e. The van der Waals surface area contributed by atoms with Gasteiger partial charge in [-0.2, -0.15) is 0 Å².